The van der Waals surface area contributed by atoms with Crippen LogP contribution in [0.15, 0.2) is 66.8 Å². The second kappa shape index (κ2) is 7.21. The Bertz CT molecular complexity index is 1120. The summed E-state index contributed by atoms with van der Waals surface area (Å²) in [6.45, 7) is 1.95. The SMILES string of the molecule is Cc1cc(C2=CCC=CC=C2)nc2cc(C(=O)Nc3cccc(Cl)c3)nn12. The Morgan fingerprint density at radius 2 is 2.11 bits per heavy atom. The van der Waals surface area contributed by atoms with Crippen molar-refractivity contribution in [3.8, 4) is 0 Å². The third-order valence-corrected chi connectivity index (χ3v) is 4.45. The second-order valence-corrected chi connectivity index (χ2v) is 6.67. The van der Waals surface area contributed by atoms with Crippen LogP contribution in [0.1, 0.15) is 28.3 Å². The molecule has 0 saturated heterocycles. The fourth-order valence-electron chi connectivity index (χ4n) is 2.91. The summed E-state index contributed by atoms with van der Waals surface area (Å²) in [5, 5.41) is 7.76. The van der Waals surface area contributed by atoms with Crippen LogP contribution in [0.4, 0.5) is 5.69 Å². The fourth-order valence-corrected chi connectivity index (χ4v) is 3.10. The molecule has 3 aromatic rings. The molecule has 6 heteroatoms. The summed E-state index contributed by atoms with van der Waals surface area (Å²) < 4.78 is 1.68. The number of benzene rings is 1. The Kier molecular flexibility index (Phi) is 4.60. The van der Waals surface area contributed by atoms with E-state index in [-0.39, 0.29) is 5.91 Å². The predicted molar refractivity (Wildman–Crippen MR) is 108 cm³/mol. The van der Waals surface area contributed by atoms with Gasteiger partial charge in [-0.1, -0.05) is 48.0 Å². The van der Waals surface area contributed by atoms with E-state index in [4.69, 9.17) is 11.6 Å². The molecule has 1 aliphatic rings. The van der Waals surface area contributed by atoms with Crippen LogP contribution in [-0.2, 0) is 0 Å². The molecule has 1 aliphatic carbocycles. The first-order valence-corrected chi connectivity index (χ1v) is 8.96. The normalized spacial score (nSPS) is 13.5. The summed E-state index contributed by atoms with van der Waals surface area (Å²) in [6, 6.07) is 10.7. The molecule has 0 atom stereocenters. The Hall–Kier alpha value is -3.18. The number of fused-ring (bicyclic) bond motifs is 1. The largest absolute Gasteiger partial charge is 0.321 e. The van der Waals surface area contributed by atoms with Crippen LogP contribution in [0.3, 0.4) is 0 Å². The summed E-state index contributed by atoms with van der Waals surface area (Å²) in [6.07, 6.45) is 11.1. The molecule has 0 radical (unpaired) electrons. The first-order chi connectivity index (χ1) is 13.1. The van der Waals surface area contributed by atoms with Gasteiger partial charge in [0.25, 0.3) is 5.91 Å². The van der Waals surface area contributed by atoms with Crippen molar-refractivity contribution < 1.29 is 4.79 Å². The van der Waals surface area contributed by atoms with E-state index in [2.05, 4.69) is 27.6 Å². The van der Waals surface area contributed by atoms with Crippen molar-refractivity contribution in [1.82, 2.24) is 14.6 Å². The number of halogens is 1. The number of rotatable bonds is 3. The van der Waals surface area contributed by atoms with Gasteiger partial charge in [-0.05, 0) is 43.2 Å². The first-order valence-electron chi connectivity index (χ1n) is 8.58. The molecular weight excluding hydrogens is 360 g/mol. The summed E-state index contributed by atoms with van der Waals surface area (Å²) in [7, 11) is 0. The van der Waals surface area contributed by atoms with Crippen LogP contribution in [0.25, 0.3) is 11.2 Å². The lowest BCUT2D eigenvalue weighted by Crippen LogP contribution is -2.12. The Labute approximate surface area is 161 Å². The fraction of sp³-hybridized carbons (Fsp3) is 0.0952. The van der Waals surface area contributed by atoms with E-state index >= 15 is 0 Å². The van der Waals surface area contributed by atoms with Gasteiger partial charge in [0, 0.05) is 22.5 Å². The molecule has 4 rings (SSSR count). The highest BCUT2D eigenvalue weighted by Crippen LogP contribution is 2.20. The summed E-state index contributed by atoms with van der Waals surface area (Å²) >= 11 is 5.97. The van der Waals surface area contributed by atoms with Crippen LogP contribution < -0.4 is 5.32 Å². The first kappa shape index (κ1) is 17.2. The second-order valence-electron chi connectivity index (χ2n) is 6.23. The lowest BCUT2D eigenvalue weighted by atomic mass is 10.1. The maximum Gasteiger partial charge on any atom is 0.276 e. The van der Waals surface area contributed by atoms with Crippen LogP contribution in [-0.4, -0.2) is 20.5 Å². The number of hydrogen-bond acceptors (Lipinski definition) is 3. The number of anilines is 1. The molecule has 0 bridgehead atoms. The van der Waals surface area contributed by atoms with E-state index in [0.29, 0.717) is 22.1 Å². The highest BCUT2D eigenvalue weighted by molar-refractivity contribution is 6.30. The van der Waals surface area contributed by atoms with Gasteiger partial charge in [0.15, 0.2) is 11.3 Å². The number of aromatic nitrogens is 3. The summed E-state index contributed by atoms with van der Waals surface area (Å²) in [4.78, 5) is 17.2. The van der Waals surface area contributed by atoms with Gasteiger partial charge in [-0.25, -0.2) is 9.50 Å². The van der Waals surface area contributed by atoms with E-state index in [1.807, 2.05) is 31.2 Å². The number of carbonyl (C=O) groups excluding carboxylic acids is 1. The maximum atomic E-state index is 12.5. The smallest absolute Gasteiger partial charge is 0.276 e. The molecule has 1 N–H and O–H groups in total. The van der Waals surface area contributed by atoms with E-state index in [1.54, 1.807) is 34.8 Å². The Balaban J connectivity index is 1.66. The number of hydrogen-bond donors (Lipinski definition) is 1. The van der Waals surface area contributed by atoms with Crippen molar-refractivity contribution in [2.75, 3.05) is 5.32 Å². The molecule has 0 aliphatic heterocycles. The van der Waals surface area contributed by atoms with Crippen molar-refractivity contribution in [3.05, 3.63) is 88.9 Å². The quantitative estimate of drug-likeness (QED) is 0.711. The molecule has 2 heterocycles. The zero-order chi connectivity index (χ0) is 18.8. The van der Waals surface area contributed by atoms with Crippen molar-refractivity contribution in [2.45, 2.75) is 13.3 Å². The van der Waals surface area contributed by atoms with Crippen molar-refractivity contribution in [1.29, 1.82) is 0 Å². The van der Waals surface area contributed by atoms with Crippen molar-refractivity contribution >= 4 is 34.4 Å². The van der Waals surface area contributed by atoms with E-state index in [9.17, 15) is 4.79 Å². The highest BCUT2D eigenvalue weighted by Gasteiger charge is 2.14. The molecule has 27 heavy (non-hydrogen) atoms. The number of carbonyl (C=O) groups is 1. The van der Waals surface area contributed by atoms with E-state index in [0.717, 1.165) is 23.4 Å². The van der Waals surface area contributed by atoms with Crippen LogP contribution in [0.2, 0.25) is 5.02 Å². The van der Waals surface area contributed by atoms with Crippen LogP contribution >= 0.6 is 11.6 Å². The van der Waals surface area contributed by atoms with E-state index in [1.165, 1.54) is 0 Å². The number of allylic oxidation sites excluding steroid dienone is 6. The number of nitrogens with one attached hydrogen (secondary N) is 1. The molecule has 2 aromatic heterocycles. The third kappa shape index (κ3) is 3.68. The lowest BCUT2D eigenvalue weighted by molar-refractivity contribution is 0.102. The predicted octanol–water partition coefficient (Wildman–Crippen LogP) is 4.84. The van der Waals surface area contributed by atoms with Crippen LogP contribution in [0, 0.1) is 6.92 Å². The topological polar surface area (TPSA) is 59.3 Å². The minimum atomic E-state index is -0.304. The molecule has 0 spiro atoms. The summed E-state index contributed by atoms with van der Waals surface area (Å²) in [5.41, 5.74) is 4.38. The van der Waals surface area contributed by atoms with Gasteiger partial charge in [-0.15, -0.1) is 0 Å². The lowest BCUT2D eigenvalue weighted by Gasteiger charge is -2.05. The number of amides is 1. The van der Waals surface area contributed by atoms with Gasteiger partial charge in [0.05, 0.1) is 5.69 Å². The highest BCUT2D eigenvalue weighted by atomic mass is 35.5. The van der Waals surface area contributed by atoms with Gasteiger partial charge >= 0.3 is 0 Å². The van der Waals surface area contributed by atoms with Gasteiger partial charge in [0.2, 0.25) is 0 Å². The van der Waals surface area contributed by atoms with Gasteiger partial charge in [-0.2, -0.15) is 5.10 Å². The molecular formula is C21H17ClN4O. The molecule has 0 fully saturated rings. The van der Waals surface area contributed by atoms with Crippen molar-refractivity contribution in [2.24, 2.45) is 0 Å². The zero-order valence-corrected chi connectivity index (χ0v) is 15.4. The standard InChI is InChI=1S/C21H17ClN4O/c1-14-11-18(15-7-4-2-3-5-8-15)24-20-13-19(25-26(14)20)21(27)23-17-10-6-9-16(22)12-17/h2-4,6-13H,5H2,1H3,(H,23,27). The van der Waals surface area contributed by atoms with Gasteiger partial charge in [-0.3, -0.25) is 4.79 Å². The number of nitrogens with zero attached hydrogens (tertiary/aromatic N) is 3. The molecule has 1 aromatic carbocycles. The molecule has 0 saturated carbocycles. The van der Waals surface area contributed by atoms with Crippen molar-refractivity contribution in [3.63, 3.8) is 0 Å². The Morgan fingerprint density at radius 3 is 2.96 bits per heavy atom. The molecule has 1 amide bonds. The third-order valence-electron chi connectivity index (χ3n) is 4.21. The molecule has 5 nitrogen and oxygen atoms in total. The maximum absolute atomic E-state index is 12.5. The van der Waals surface area contributed by atoms with E-state index < -0.39 is 0 Å². The minimum Gasteiger partial charge on any atom is -0.321 e. The average Bonchev–Trinajstić information content (AvgIpc) is 2.90. The Morgan fingerprint density at radius 1 is 1.22 bits per heavy atom. The van der Waals surface area contributed by atoms with Gasteiger partial charge < -0.3 is 5.32 Å². The average molecular weight is 377 g/mol. The molecule has 134 valence electrons. The monoisotopic (exact) mass is 376 g/mol. The summed E-state index contributed by atoms with van der Waals surface area (Å²) in [5.74, 6) is -0.304. The number of aryl methyl sites for hydroxylation is 1. The minimum absolute atomic E-state index is 0.301. The zero-order valence-electron chi connectivity index (χ0n) is 14.7. The van der Waals surface area contributed by atoms with Gasteiger partial charge in [0.1, 0.15) is 0 Å². The van der Waals surface area contributed by atoms with Crippen LogP contribution in [0.5, 0.6) is 0 Å². The molecule has 0 unspecified atom stereocenters.